The lowest BCUT2D eigenvalue weighted by Gasteiger charge is -2.20. The quantitative estimate of drug-likeness (QED) is 0.828. The molecule has 1 unspecified atom stereocenters. The number of amides is 1. The number of ether oxygens (including phenoxy) is 2. The van der Waals surface area contributed by atoms with Crippen molar-refractivity contribution in [3.05, 3.63) is 23.8 Å². The van der Waals surface area contributed by atoms with Gasteiger partial charge in [-0.3, -0.25) is 4.79 Å². The van der Waals surface area contributed by atoms with Crippen LogP contribution in [-0.4, -0.2) is 42.7 Å². The van der Waals surface area contributed by atoms with Gasteiger partial charge in [0.25, 0.3) is 5.91 Å². The van der Waals surface area contributed by atoms with E-state index in [-0.39, 0.29) is 12.5 Å². The van der Waals surface area contributed by atoms with Crippen LogP contribution in [0.5, 0.6) is 11.5 Å². The number of likely N-dealkylation sites (N-methyl/N-ethyl adjacent to an activating group) is 1. The highest BCUT2D eigenvalue weighted by Crippen LogP contribution is 2.26. The minimum atomic E-state index is -0.614. The van der Waals surface area contributed by atoms with Crippen LogP contribution in [0.3, 0.4) is 0 Å². The highest BCUT2D eigenvalue weighted by molar-refractivity contribution is 5.80. The molecule has 1 aromatic rings. The fourth-order valence-corrected chi connectivity index (χ4v) is 1.69. The smallest absolute Gasteiger partial charge is 0.262 e. The second-order valence-corrected chi connectivity index (χ2v) is 4.77. The maximum atomic E-state index is 11.8. The summed E-state index contributed by atoms with van der Waals surface area (Å²) in [7, 11) is 3.35. The Bertz CT molecular complexity index is 445. The van der Waals surface area contributed by atoms with Crippen molar-refractivity contribution in [3.8, 4) is 11.5 Å². The molecule has 0 bridgehead atoms. The number of benzene rings is 1. The van der Waals surface area contributed by atoms with E-state index in [9.17, 15) is 9.90 Å². The summed E-state index contributed by atoms with van der Waals surface area (Å²) in [6, 6.07) is 5.24. The standard InChI is InChI=1S/C15H23NO4/c1-5-8-19-13-7-6-12(10-17)14(9-13)20-11(2)15(18)16(3)4/h6-7,9,11,17H,5,8,10H2,1-4H3. The van der Waals surface area contributed by atoms with E-state index in [1.165, 1.54) is 4.90 Å². The first-order valence-corrected chi connectivity index (χ1v) is 6.74. The number of hydrogen-bond donors (Lipinski definition) is 1. The fraction of sp³-hybridized carbons (Fsp3) is 0.533. The van der Waals surface area contributed by atoms with Crippen LogP contribution in [0.1, 0.15) is 25.8 Å². The third kappa shape index (κ3) is 4.42. The van der Waals surface area contributed by atoms with Gasteiger partial charge in [0.15, 0.2) is 6.10 Å². The van der Waals surface area contributed by atoms with Crippen LogP contribution in [-0.2, 0) is 11.4 Å². The van der Waals surface area contributed by atoms with E-state index >= 15 is 0 Å². The van der Waals surface area contributed by atoms with Crippen molar-refractivity contribution in [1.29, 1.82) is 0 Å². The summed E-state index contributed by atoms with van der Waals surface area (Å²) >= 11 is 0. The molecule has 0 saturated carbocycles. The van der Waals surface area contributed by atoms with Gasteiger partial charge in [-0.25, -0.2) is 0 Å². The van der Waals surface area contributed by atoms with Gasteiger partial charge in [-0.15, -0.1) is 0 Å². The lowest BCUT2D eigenvalue weighted by atomic mass is 10.2. The van der Waals surface area contributed by atoms with Gasteiger partial charge in [0.2, 0.25) is 0 Å². The van der Waals surface area contributed by atoms with Crippen molar-refractivity contribution in [2.45, 2.75) is 33.0 Å². The lowest BCUT2D eigenvalue weighted by Crippen LogP contribution is -2.35. The monoisotopic (exact) mass is 281 g/mol. The molecule has 0 aliphatic heterocycles. The van der Waals surface area contributed by atoms with Crippen molar-refractivity contribution in [2.24, 2.45) is 0 Å². The Labute approximate surface area is 120 Å². The predicted molar refractivity (Wildman–Crippen MR) is 76.9 cm³/mol. The molecule has 0 aliphatic rings. The Morgan fingerprint density at radius 1 is 1.40 bits per heavy atom. The summed E-state index contributed by atoms with van der Waals surface area (Å²) in [6.07, 6.45) is 0.296. The molecule has 20 heavy (non-hydrogen) atoms. The normalized spacial score (nSPS) is 11.8. The van der Waals surface area contributed by atoms with Gasteiger partial charge in [0.05, 0.1) is 13.2 Å². The number of carbonyl (C=O) groups excluding carboxylic acids is 1. The van der Waals surface area contributed by atoms with Gasteiger partial charge in [0.1, 0.15) is 11.5 Å². The van der Waals surface area contributed by atoms with Gasteiger partial charge in [-0.05, 0) is 25.5 Å². The first kappa shape index (κ1) is 16.3. The largest absolute Gasteiger partial charge is 0.493 e. The summed E-state index contributed by atoms with van der Waals surface area (Å²) in [5.41, 5.74) is 0.632. The molecule has 0 saturated heterocycles. The van der Waals surface area contributed by atoms with Crippen LogP contribution in [0.4, 0.5) is 0 Å². The van der Waals surface area contributed by atoms with Crippen LogP contribution < -0.4 is 9.47 Å². The number of nitrogens with zero attached hydrogens (tertiary/aromatic N) is 1. The van der Waals surface area contributed by atoms with E-state index in [0.29, 0.717) is 23.7 Å². The molecule has 0 aromatic heterocycles. The molecule has 0 heterocycles. The van der Waals surface area contributed by atoms with Crippen LogP contribution in [0.2, 0.25) is 0 Å². The van der Waals surface area contributed by atoms with Crippen molar-refractivity contribution in [3.63, 3.8) is 0 Å². The van der Waals surface area contributed by atoms with Crippen molar-refractivity contribution in [2.75, 3.05) is 20.7 Å². The van der Waals surface area contributed by atoms with E-state index in [1.54, 1.807) is 39.2 Å². The number of hydrogen-bond acceptors (Lipinski definition) is 4. The first-order chi connectivity index (χ1) is 9.49. The summed E-state index contributed by atoms with van der Waals surface area (Å²) in [5, 5.41) is 9.33. The molecule has 112 valence electrons. The number of carbonyl (C=O) groups is 1. The molecule has 0 spiro atoms. The van der Waals surface area contributed by atoms with E-state index in [0.717, 1.165) is 6.42 Å². The topological polar surface area (TPSA) is 59.0 Å². The fourth-order valence-electron chi connectivity index (χ4n) is 1.69. The third-order valence-corrected chi connectivity index (χ3v) is 2.77. The summed E-state index contributed by atoms with van der Waals surface area (Å²) < 4.78 is 11.2. The zero-order chi connectivity index (χ0) is 15.1. The van der Waals surface area contributed by atoms with Gasteiger partial charge in [-0.2, -0.15) is 0 Å². The van der Waals surface area contributed by atoms with Gasteiger partial charge >= 0.3 is 0 Å². The number of aliphatic hydroxyl groups is 1. The van der Waals surface area contributed by atoms with E-state index in [1.807, 2.05) is 6.92 Å². The van der Waals surface area contributed by atoms with Crippen LogP contribution >= 0.6 is 0 Å². The zero-order valence-electron chi connectivity index (χ0n) is 12.5. The summed E-state index contributed by atoms with van der Waals surface area (Å²) in [6.45, 7) is 4.18. The summed E-state index contributed by atoms with van der Waals surface area (Å²) in [5.74, 6) is 1.01. The first-order valence-electron chi connectivity index (χ1n) is 6.74. The minimum absolute atomic E-state index is 0.131. The summed E-state index contributed by atoms with van der Waals surface area (Å²) in [4.78, 5) is 13.3. The predicted octanol–water partition coefficient (Wildman–Crippen LogP) is 1.82. The average Bonchev–Trinajstić information content (AvgIpc) is 2.44. The molecule has 5 nitrogen and oxygen atoms in total. The van der Waals surface area contributed by atoms with Gasteiger partial charge < -0.3 is 19.5 Å². The van der Waals surface area contributed by atoms with Crippen LogP contribution in [0.25, 0.3) is 0 Å². The molecule has 1 atom stereocenters. The SMILES string of the molecule is CCCOc1ccc(CO)c(OC(C)C(=O)N(C)C)c1. The Morgan fingerprint density at radius 2 is 2.10 bits per heavy atom. The van der Waals surface area contributed by atoms with Crippen LogP contribution in [0.15, 0.2) is 18.2 Å². The molecule has 1 amide bonds. The van der Waals surface area contributed by atoms with Crippen LogP contribution in [0, 0.1) is 0 Å². The second-order valence-electron chi connectivity index (χ2n) is 4.77. The highest BCUT2D eigenvalue weighted by Gasteiger charge is 2.18. The van der Waals surface area contributed by atoms with Crippen molar-refractivity contribution < 1.29 is 19.4 Å². The van der Waals surface area contributed by atoms with Crippen molar-refractivity contribution >= 4 is 5.91 Å². The van der Waals surface area contributed by atoms with E-state index in [2.05, 4.69) is 0 Å². The molecular formula is C15H23NO4. The lowest BCUT2D eigenvalue weighted by molar-refractivity contribution is -0.135. The van der Waals surface area contributed by atoms with E-state index < -0.39 is 6.10 Å². The molecule has 1 N–H and O–H groups in total. The maximum absolute atomic E-state index is 11.8. The third-order valence-electron chi connectivity index (χ3n) is 2.77. The minimum Gasteiger partial charge on any atom is -0.493 e. The zero-order valence-corrected chi connectivity index (χ0v) is 12.5. The number of rotatable bonds is 7. The van der Waals surface area contributed by atoms with Crippen molar-refractivity contribution in [1.82, 2.24) is 4.90 Å². The molecule has 0 fully saturated rings. The molecule has 5 heteroatoms. The molecule has 0 aliphatic carbocycles. The molecule has 1 rings (SSSR count). The second kappa shape index (κ2) is 7.75. The molecular weight excluding hydrogens is 258 g/mol. The van der Waals surface area contributed by atoms with E-state index in [4.69, 9.17) is 9.47 Å². The van der Waals surface area contributed by atoms with Gasteiger partial charge in [-0.1, -0.05) is 6.92 Å². The molecule has 0 radical (unpaired) electrons. The maximum Gasteiger partial charge on any atom is 0.262 e. The highest BCUT2D eigenvalue weighted by atomic mass is 16.5. The Hall–Kier alpha value is -1.75. The molecule has 1 aromatic carbocycles. The number of aliphatic hydroxyl groups excluding tert-OH is 1. The Morgan fingerprint density at radius 3 is 2.65 bits per heavy atom. The van der Waals surface area contributed by atoms with Gasteiger partial charge in [0, 0.05) is 25.7 Å². The Balaban J connectivity index is 2.87. The average molecular weight is 281 g/mol. The Kier molecular flexibility index (Phi) is 6.31.